The van der Waals surface area contributed by atoms with E-state index < -0.39 is 96.1 Å². The van der Waals surface area contributed by atoms with Crippen molar-refractivity contribution in [2.24, 2.45) is 0 Å². The van der Waals surface area contributed by atoms with E-state index >= 15 is 0 Å². The first-order chi connectivity index (χ1) is 44.2. The summed E-state index contributed by atoms with van der Waals surface area (Å²) in [6.45, 7) is 12.4. The van der Waals surface area contributed by atoms with Gasteiger partial charge in [0.15, 0.2) is 0 Å². The van der Waals surface area contributed by atoms with Crippen LogP contribution in [0.3, 0.4) is 0 Å². The molecule has 3 heteroatoms. The molecule has 14 rings (SSSR count). The molecule has 0 saturated heterocycles. The van der Waals surface area contributed by atoms with Crippen LogP contribution < -0.4 is 26.0 Å². The largest absolute Gasteiger partial charge is 0.458 e. The highest BCUT2D eigenvalue weighted by Crippen LogP contribution is 2.59. The predicted molar refractivity (Wildman–Crippen MR) is 329 cm³/mol. The molecule has 11 aromatic carbocycles. The Labute approximate surface area is 481 Å². The summed E-state index contributed by atoms with van der Waals surface area (Å²) in [4.78, 5) is 2.27. The maximum atomic E-state index is 9.79. The smallest absolute Gasteiger partial charge is 0.256 e. The van der Waals surface area contributed by atoms with Gasteiger partial charge in [-0.05, 0) is 142 Å². The third-order valence-corrected chi connectivity index (χ3v) is 15.9. The zero-order valence-electron chi connectivity index (χ0n) is 59.0. The fraction of sp³-hybridized carbons (Fsp3) is 0.120. The first kappa shape index (κ1) is 34.0. The van der Waals surface area contributed by atoms with Crippen LogP contribution in [0.1, 0.15) is 95.5 Å². The van der Waals surface area contributed by atoms with Gasteiger partial charge in [-0.2, -0.15) is 0 Å². The molecule has 0 saturated carbocycles. The molecule has 11 aromatic rings. The van der Waals surface area contributed by atoms with Crippen molar-refractivity contribution in [2.45, 2.75) is 57.8 Å². The van der Waals surface area contributed by atoms with E-state index in [0.717, 1.165) is 55.7 Å². The Morgan fingerprint density at radius 3 is 1.59 bits per heavy atom. The summed E-state index contributed by atoms with van der Waals surface area (Å²) in [7, 11) is 0. The standard InChI is InChI=1S/C75H60BNO/c1-73(2,3)56-45-61(50-27-14-8-15-28-50)72(62(46-56)51-29-16-9-17-30-51)77-66-44-52(49-25-12-7-13-26-49)39-41-64(66)76-65-43-53(40-42-68(65)78-69-48-57(74(4,5)6)47-67(77)71(69)76)58-36-24-37-60-59-35-22-23-38-63(59)75(70(58)60,54-31-18-10-19-32-54)55-33-20-11-21-34-55/h7-48H,1-6H3/i7D,10D,11D,12D,13D,18D,19D,20D,21D,25D,26D,31D,32D,33D,34D. The van der Waals surface area contributed by atoms with E-state index in [1.807, 2.05) is 103 Å². The Kier molecular flexibility index (Phi) is 7.89. The van der Waals surface area contributed by atoms with Gasteiger partial charge in [0.05, 0.1) is 31.7 Å². The molecule has 0 unspecified atom stereocenters. The molecule has 0 aromatic heterocycles. The number of fused-ring (bicyclic) bond motifs is 7. The van der Waals surface area contributed by atoms with Crippen LogP contribution in [0.2, 0.25) is 0 Å². The van der Waals surface area contributed by atoms with Crippen LogP contribution >= 0.6 is 0 Å². The van der Waals surface area contributed by atoms with E-state index in [1.54, 1.807) is 12.1 Å². The summed E-state index contributed by atoms with van der Waals surface area (Å²) in [5, 5.41) is 0. The molecule has 1 aliphatic carbocycles. The van der Waals surface area contributed by atoms with Crippen LogP contribution in [0.5, 0.6) is 11.5 Å². The summed E-state index contributed by atoms with van der Waals surface area (Å²) in [5.74, 6) is 1.10. The molecule has 2 nitrogen and oxygen atoms in total. The Morgan fingerprint density at radius 2 is 0.962 bits per heavy atom. The van der Waals surface area contributed by atoms with Crippen molar-refractivity contribution in [3.05, 3.63) is 288 Å². The summed E-state index contributed by atoms with van der Waals surface area (Å²) in [6.07, 6.45) is 0. The number of hydrogen-bond acceptors (Lipinski definition) is 2. The highest BCUT2D eigenvalue weighted by molar-refractivity contribution is 6.99. The predicted octanol–water partition coefficient (Wildman–Crippen LogP) is 17.7. The Hall–Kier alpha value is -8.92. The normalized spacial score (nSPS) is 16.4. The quantitative estimate of drug-likeness (QED) is 0.148. The zero-order valence-corrected chi connectivity index (χ0v) is 44.0. The van der Waals surface area contributed by atoms with Crippen LogP contribution in [0, 0.1) is 0 Å². The second kappa shape index (κ2) is 18.1. The van der Waals surface area contributed by atoms with Crippen molar-refractivity contribution in [3.63, 3.8) is 0 Å². The molecule has 0 atom stereocenters. The van der Waals surface area contributed by atoms with Crippen molar-refractivity contribution >= 4 is 40.2 Å². The third kappa shape index (κ3) is 7.47. The van der Waals surface area contributed by atoms with Gasteiger partial charge in [0, 0.05) is 22.5 Å². The molecule has 0 spiro atoms. The van der Waals surface area contributed by atoms with E-state index in [0.29, 0.717) is 61.6 Å². The van der Waals surface area contributed by atoms with E-state index in [4.69, 9.17) is 11.6 Å². The van der Waals surface area contributed by atoms with Crippen LogP contribution in [0.4, 0.5) is 17.1 Å². The number of benzene rings is 11. The third-order valence-electron chi connectivity index (χ3n) is 15.9. The number of ether oxygens (including phenoxy) is 1. The van der Waals surface area contributed by atoms with E-state index in [-0.39, 0.29) is 34.2 Å². The average molecular weight is 1020 g/mol. The van der Waals surface area contributed by atoms with Gasteiger partial charge in [-0.3, -0.25) is 0 Å². The van der Waals surface area contributed by atoms with Gasteiger partial charge in [0.1, 0.15) is 11.5 Å². The fourth-order valence-corrected chi connectivity index (χ4v) is 12.2. The molecule has 2 heterocycles. The van der Waals surface area contributed by atoms with E-state index in [2.05, 4.69) is 95.0 Å². The van der Waals surface area contributed by atoms with Gasteiger partial charge < -0.3 is 9.64 Å². The monoisotopic (exact) mass is 1020 g/mol. The van der Waals surface area contributed by atoms with Crippen LogP contribution in [-0.4, -0.2) is 6.71 Å². The van der Waals surface area contributed by atoms with E-state index in [9.17, 15) is 13.7 Å². The topological polar surface area (TPSA) is 12.5 Å². The summed E-state index contributed by atoms with van der Waals surface area (Å²) < 4.78 is 146. The highest BCUT2D eigenvalue weighted by Gasteiger charge is 2.49. The molecular weight excluding hydrogens is 942 g/mol. The summed E-state index contributed by atoms with van der Waals surface area (Å²) in [5.41, 5.74) is 10.1. The molecule has 0 bridgehead atoms. The molecule has 0 N–H and O–H groups in total. The lowest BCUT2D eigenvalue weighted by Gasteiger charge is -2.43. The van der Waals surface area contributed by atoms with E-state index in [1.165, 1.54) is 0 Å². The first-order valence-electron chi connectivity index (χ1n) is 33.9. The summed E-state index contributed by atoms with van der Waals surface area (Å²) in [6, 6.07) is 44.9. The molecular formula is C75H60BNO. The second-order valence-corrected chi connectivity index (χ2v) is 22.5. The maximum Gasteiger partial charge on any atom is 0.256 e. The van der Waals surface area contributed by atoms with Crippen LogP contribution in [0.15, 0.2) is 254 Å². The Morgan fingerprint density at radius 1 is 0.410 bits per heavy atom. The van der Waals surface area contributed by atoms with Gasteiger partial charge in [0.2, 0.25) is 0 Å². The number of hydrogen-bond donors (Lipinski definition) is 0. The molecule has 0 amide bonds. The molecule has 0 fully saturated rings. The molecule has 2 aliphatic heterocycles. The van der Waals surface area contributed by atoms with Crippen molar-refractivity contribution in [1.82, 2.24) is 0 Å². The minimum atomic E-state index is -2.13. The van der Waals surface area contributed by atoms with Gasteiger partial charge in [-0.1, -0.05) is 260 Å². The SMILES string of the molecule is [2H]c1c([2H])c([2H])c(-c2ccc3c(c2)N(c2c(-c4ccccc4)cc(C(C)(C)C)cc2-c2ccccc2)c2cc(C(C)(C)C)cc4c2B3c2cc(-c3cccc5c3C(c3c([2H])c([2H])c([2H])c([2H])c3[2H])(c3c([2H])c([2H])c([2H])c([2H])c3[2H])c3ccccc3-5)ccc2O4)c([2H])c1[2H]. The van der Waals surface area contributed by atoms with Crippen molar-refractivity contribution in [2.75, 3.05) is 4.90 Å². The van der Waals surface area contributed by atoms with Crippen molar-refractivity contribution < 1.29 is 25.3 Å². The molecule has 0 radical (unpaired) electrons. The number of anilines is 3. The number of nitrogens with zero attached hydrogens (tertiary/aromatic N) is 1. The van der Waals surface area contributed by atoms with Gasteiger partial charge in [-0.15, -0.1) is 0 Å². The summed E-state index contributed by atoms with van der Waals surface area (Å²) >= 11 is 0. The fourth-order valence-electron chi connectivity index (χ4n) is 12.2. The minimum absolute atomic E-state index is 0.0311. The molecule has 374 valence electrons. The van der Waals surface area contributed by atoms with Crippen molar-refractivity contribution in [3.8, 4) is 67.1 Å². The van der Waals surface area contributed by atoms with Gasteiger partial charge in [0.25, 0.3) is 6.71 Å². The molecule has 3 aliphatic rings. The number of rotatable bonds is 7. The zero-order chi connectivity index (χ0) is 66.0. The van der Waals surface area contributed by atoms with Gasteiger partial charge >= 0.3 is 0 Å². The Bertz CT molecular complexity index is 4840. The lowest BCUT2D eigenvalue weighted by molar-refractivity contribution is 0.483. The van der Waals surface area contributed by atoms with Gasteiger partial charge in [-0.25, -0.2) is 0 Å². The lowest BCUT2D eigenvalue weighted by Crippen LogP contribution is -2.59. The first-order valence-corrected chi connectivity index (χ1v) is 26.4. The second-order valence-electron chi connectivity index (χ2n) is 22.5. The lowest BCUT2D eigenvalue weighted by atomic mass is 9.34. The minimum Gasteiger partial charge on any atom is -0.458 e. The van der Waals surface area contributed by atoms with Crippen LogP contribution in [-0.2, 0) is 16.2 Å². The van der Waals surface area contributed by atoms with Crippen molar-refractivity contribution in [1.29, 1.82) is 0 Å². The molecule has 78 heavy (non-hydrogen) atoms. The maximum absolute atomic E-state index is 9.79. The van der Waals surface area contributed by atoms with Crippen LogP contribution in [0.25, 0.3) is 55.6 Å². The highest BCUT2D eigenvalue weighted by atomic mass is 16.5. The average Bonchev–Trinajstić information content (AvgIpc) is 1.62. The Balaban J connectivity index is 1.12.